The molecular formula is C38H24O2S. The monoisotopic (exact) mass is 544 g/mol. The lowest BCUT2D eigenvalue weighted by Crippen LogP contribution is -1.91. The lowest BCUT2D eigenvalue weighted by molar-refractivity contribution is 0.668. The lowest BCUT2D eigenvalue weighted by Gasteiger charge is -2.13. The molecule has 9 rings (SSSR count). The molecule has 8 aromatic rings. The highest BCUT2D eigenvalue weighted by molar-refractivity contribution is 7.97. The Morgan fingerprint density at radius 3 is 1.59 bits per heavy atom. The van der Waals surface area contributed by atoms with E-state index in [1.165, 1.54) is 49.9 Å². The standard InChI is InChI=1S/C38H24O2S/c1-3-7-35-30(5-1)32-15-12-25(19-37(32)39-35)23-11-14-29-28(17-23)22-41-21-27-10-9-24(18-34(27)29)26-13-16-33-31-6-2-4-8-36(31)40-38(33)20-26/h1-20H,21-22H2. The maximum absolute atomic E-state index is 6.19. The predicted octanol–water partition coefficient (Wildman–Crippen LogP) is 11.2. The Labute approximate surface area is 241 Å². The molecule has 0 radical (unpaired) electrons. The maximum Gasteiger partial charge on any atom is 0.136 e. The van der Waals surface area contributed by atoms with E-state index in [0.29, 0.717) is 0 Å². The van der Waals surface area contributed by atoms with Crippen LogP contribution in [0.3, 0.4) is 0 Å². The number of rotatable bonds is 2. The molecule has 3 heterocycles. The normalized spacial score (nSPS) is 13.1. The Morgan fingerprint density at radius 2 is 0.902 bits per heavy atom. The van der Waals surface area contributed by atoms with Crippen LogP contribution < -0.4 is 0 Å². The molecule has 2 aromatic heterocycles. The third-order valence-electron chi connectivity index (χ3n) is 8.44. The van der Waals surface area contributed by atoms with Gasteiger partial charge in [-0.3, -0.25) is 0 Å². The van der Waals surface area contributed by atoms with Crippen LogP contribution in [0, 0.1) is 0 Å². The number of benzene rings is 6. The first kappa shape index (κ1) is 23.0. The number of para-hydroxylation sites is 2. The molecule has 0 saturated heterocycles. The molecule has 0 aliphatic carbocycles. The van der Waals surface area contributed by atoms with E-state index in [9.17, 15) is 0 Å². The number of furan rings is 2. The summed E-state index contributed by atoms with van der Waals surface area (Å²) in [4.78, 5) is 0. The minimum atomic E-state index is 0.931. The minimum Gasteiger partial charge on any atom is -0.456 e. The van der Waals surface area contributed by atoms with E-state index in [2.05, 4.69) is 97.1 Å². The highest BCUT2D eigenvalue weighted by Gasteiger charge is 2.18. The summed E-state index contributed by atoms with van der Waals surface area (Å²) in [6, 6.07) is 43.5. The van der Waals surface area contributed by atoms with Gasteiger partial charge in [-0.1, -0.05) is 72.8 Å². The summed E-state index contributed by atoms with van der Waals surface area (Å²) in [5.41, 5.74) is 13.9. The van der Waals surface area contributed by atoms with Gasteiger partial charge >= 0.3 is 0 Å². The van der Waals surface area contributed by atoms with Crippen LogP contribution in [-0.4, -0.2) is 0 Å². The second-order valence-corrected chi connectivity index (χ2v) is 11.8. The number of thioether (sulfide) groups is 1. The Morgan fingerprint density at radius 1 is 0.390 bits per heavy atom. The third-order valence-corrected chi connectivity index (χ3v) is 9.47. The van der Waals surface area contributed by atoms with Crippen molar-refractivity contribution < 1.29 is 8.83 Å². The molecule has 6 aromatic carbocycles. The van der Waals surface area contributed by atoms with Gasteiger partial charge in [0.2, 0.25) is 0 Å². The molecule has 0 unspecified atom stereocenters. The van der Waals surface area contributed by atoms with Gasteiger partial charge in [-0.25, -0.2) is 0 Å². The molecule has 0 atom stereocenters. The Kier molecular flexibility index (Phi) is 4.99. The van der Waals surface area contributed by atoms with Crippen LogP contribution in [0.25, 0.3) is 77.3 Å². The van der Waals surface area contributed by atoms with Crippen LogP contribution in [0.5, 0.6) is 0 Å². The summed E-state index contributed by atoms with van der Waals surface area (Å²) in [6.07, 6.45) is 0. The van der Waals surface area contributed by atoms with E-state index in [1.807, 2.05) is 36.0 Å². The topological polar surface area (TPSA) is 26.3 Å². The summed E-state index contributed by atoms with van der Waals surface area (Å²) < 4.78 is 12.4. The zero-order chi connectivity index (χ0) is 26.9. The Hall–Kier alpha value is -4.73. The summed E-state index contributed by atoms with van der Waals surface area (Å²) in [6.45, 7) is 0. The van der Waals surface area contributed by atoms with E-state index in [4.69, 9.17) is 8.83 Å². The van der Waals surface area contributed by atoms with E-state index in [0.717, 1.165) is 50.0 Å². The van der Waals surface area contributed by atoms with Crippen molar-refractivity contribution in [2.75, 3.05) is 0 Å². The van der Waals surface area contributed by atoms with Gasteiger partial charge in [0, 0.05) is 33.1 Å². The smallest absolute Gasteiger partial charge is 0.136 e. The lowest BCUT2D eigenvalue weighted by atomic mass is 9.91. The molecule has 0 bridgehead atoms. The quantitative estimate of drug-likeness (QED) is 0.216. The fraction of sp³-hybridized carbons (Fsp3) is 0.0526. The highest BCUT2D eigenvalue weighted by Crippen LogP contribution is 2.41. The molecule has 0 fully saturated rings. The first-order valence-corrected chi connectivity index (χ1v) is 15.1. The summed E-state index contributed by atoms with van der Waals surface area (Å²) in [5.74, 6) is 2.00. The first-order valence-electron chi connectivity index (χ1n) is 14.0. The number of fused-ring (bicyclic) bond motifs is 9. The highest BCUT2D eigenvalue weighted by atomic mass is 32.2. The van der Waals surface area contributed by atoms with Crippen molar-refractivity contribution in [3.63, 3.8) is 0 Å². The molecule has 0 saturated carbocycles. The summed E-state index contributed by atoms with van der Waals surface area (Å²) >= 11 is 1.98. The predicted molar refractivity (Wildman–Crippen MR) is 172 cm³/mol. The SMILES string of the molecule is c1ccc2c(c1)oc1cc(-c3ccc4c(c3)CSCc3ccc(-c5ccc6c(c5)oc5ccccc56)cc3-4)ccc12. The molecular weight excluding hydrogens is 520 g/mol. The van der Waals surface area contributed by atoms with Gasteiger partial charge in [-0.2, -0.15) is 11.8 Å². The van der Waals surface area contributed by atoms with E-state index >= 15 is 0 Å². The maximum atomic E-state index is 6.19. The van der Waals surface area contributed by atoms with Crippen LogP contribution in [-0.2, 0) is 11.5 Å². The van der Waals surface area contributed by atoms with Crippen molar-refractivity contribution in [1.29, 1.82) is 0 Å². The minimum absolute atomic E-state index is 0.931. The second kappa shape index (κ2) is 8.89. The van der Waals surface area contributed by atoms with Crippen molar-refractivity contribution in [2.45, 2.75) is 11.5 Å². The van der Waals surface area contributed by atoms with Gasteiger partial charge in [0.25, 0.3) is 0 Å². The Balaban J connectivity index is 1.13. The van der Waals surface area contributed by atoms with E-state index in [1.54, 1.807) is 0 Å². The summed E-state index contributed by atoms with van der Waals surface area (Å²) in [5, 5.41) is 4.66. The fourth-order valence-corrected chi connectivity index (χ4v) is 7.40. The first-order chi connectivity index (χ1) is 20.3. The van der Waals surface area contributed by atoms with Gasteiger partial charge in [-0.15, -0.1) is 0 Å². The molecule has 0 spiro atoms. The van der Waals surface area contributed by atoms with Crippen LogP contribution >= 0.6 is 11.8 Å². The molecule has 194 valence electrons. The molecule has 0 amide bonds. The largest absolute Gasteiger partial charge is 0.456 e. The zero-order valence-electron chi connectivity index (χ0n) is 22.2. The molecule has 1 aliphatic heterocycles. The average molecular weight is 545 g/mol. The van der Waals surface area contributed by atoms with Crippen LogP contribution in [0.4, 0.5) is 0 Å². The second-order valence-electron chi connectivity index (χ2n) is 10.9. The van der Waals surface area contributed by atoms with Gasteiger partial charge in [0.05, 0.1) is 0 Å². The van der Waals surface area contributed by atoms with Crippen LogP contribution in [0.2, 0.25) is 0 Å². The number of hydrogen-bond donors (Lipinski definition) is 0. The summed E-state index contributed by atoms with van der Waals surface area (Å²) in [7, 11) is 0. The van der Waals surface area contributed by atoms with Crippen LogP contribution in [0.1, 0.15) is 11.1 Å². The van der Waals surface area contributed by atoms with Gasteiger partial charge in [0.15, 0.2) is 0 Å². The zero-order valence-corrected chi connectivity index (χ0v) is 23.0. The van der Waals surface area contributed by atoms with Crippen LogP contribution in [0.15, 0.2) is 130 Å². The van der Waals surface area contributed by atoms with Gasteiger partial charge < -0.3 is 8.83 Å². The molecule has 3 heteroatoms. The van der Waals surface area contributed by atoms with Crippen molar-refractivity contribution >= 4 is 55.6 Å². The molecule has 41 heavy (non-hydrogen) atoms. The van der Waals surface area contributed by atoms with Crippen molar-refractivity contribution in [1.82, 2.24) is 0 Å². The van der Waals surface area contributed by atoms with Gasteiger partial charge in [0.1, 0.15) is 22.3 Å². The molecule has 1 aliphatic rings. The average Bonchev–Trinajstić information content (AvgIpc) is 3.52. The van der Waals surface area contributed by atoms with Crippen molar-refractivity contribution in [2.24, 2.45) is 0 Å². The van der Waals surface area contributed by atoms with Crippen molar-refractivity contribution in [3.8, 4) is 33.4 Å². The van der Waals surface area contributed by atoms with E-state index < -0.39 is 0 Å². The van der Waals surface area contributed by atoms with Crippen molar-refractivity contribution in [3.05, 3.63) is 132 Å². The fourth-order valence-electron chi connectivity index (χ4n) is 6.37. The third kappa shape index (κ3) is 3.66. The van der Waals surface area contributed by atoms with Gasteiger partial charge in [-0.05, 0) is 93.0 Å². The van der Waals surface area contributed by atoms with E-state index in [-0.39, 0.29) is 0 Å². The molecule has 2 nitrogen and oxygen atoms in total. The molecule has 0 N–H and O–H groups in total. The Bertz CT molecular complexity index is 2300. The number of hydrogen-bond acceptors (Lipinski definition) is 3.